The highest BCUT2D eigenvalue weighted by atomic mass is 16.3. The number of fused-ring (bicyclic) bond motifs is 11. The standard InChI is InChI=1S/C55H36O/c1-55(2)48-26-24-37(30-46(48)47-32-45-38(31-49(47)55)25-27-51-54(45)44-18-10-11-19-50(44)56-51)35-20-21-36-29-39(23-22-34(36)28-35)53-42-16-8-6-14-40(42)52(33-12-4-3-5-13-33)41-15-7-9-17-43(41)53/h3-32H,1-2H3. The normalized spacial score (nSPS) is 13.3. The van der Waals surface area contributed by atoms with Crippen molar-refractivity contribution in [3.8, 4) is 44.5 Å². The maximum atomic E-state index is 6.29. The molecule has 1 aliphatic rings. The molecule has 12 rings (SSSR count). The zero-order valence-electron chi connectivity index (χ0n) is 31.2. The van der Waals surface area contributed by atoms with Crippen LogP contribution in [0.2, 0.25) is 0 Å². The summed E-state index contributed by atoms with van der Waals surface area (Å²) in [5.41, 5.74) is 14.7. The van der Waals surface area contributed by atoms with Crippen molar-refractivity contribution >= 4 is 65.0 Å². The van der Waals surface area contributed by atoms with Crippen LogP contribution < -0.4 is 0 Å². The van der Waals surface area contributed by atoms with Crippen LogP contribution in [0.15, 0.2) is 186 Å². The summed E-state index contributed by atoms with van der Waals surface area (Å²) in [4.78, 5) is 0. The van der Waals surface area contributed by atoms with E-state index in [1.807, 2.05) is 6.07 Å². The van der Waals surface area contributed by atoms with E-state index in [9.17, 15) is 0 Å². The van der Waals surface area contributed by atoms with Crippen molar-refractivity contribution in [2.75, 3.05) is 0 Å². The van der Waals surface area contributed by atoms with Crippen molar-refractivity contribution < 1.29 is 4.42 Å². The molecule has 1 heteroatoms. The van der Waals surface area contributed by atoms with Gasteiger partial charge >= 0.3 is 0 Å². The first kappa shape index (κ1) is 31.4. The molecular formula is C55H36O. The zero-order chi connectivity index (χ0) is 37.1. The van der Waals surface area contributed by atoms with E-state index >= 15 is 0 Å². The van der Waals surface area contributed by atoms with Gasteiger partial charge in [-0.05, 0) is 141 Å². The average Bonchev–Trinajstić information content (AvgIpc) is 3.73. The molecule has 262 valence electrons. The fourth-order valence-corrected chi connectivity index (χ4v) is 9.91. The SMILES string of the molecule is CC1(C)c2ccc(-c3ccc4cc(-c5c6ccccc6c(-c6ccccc6)c6ccccc56)ccc4c3)cc2-c2cc3c(ccc4oc5ccccc5c43)cc21. The van der Waals surface area contributed by atoms with Crippen LogP contribution in [0.1, 0.15) is 25.0 Å². The van der Waals surface area contributed by atoms with Gasteiger partial charge in [0.25, 0.3) is 0 Å². The van der Waals surface area contributed by atoms with E-state index < -0.39 is 0 Å². The quantitative estimate of drug-likeness (QED) is 0.166. The van der Waals surface area contributed by atoms with Gasteiger partial charge in [0.2, 0.25) is 0 Å². The molecule has 0 aliphatic heterocycles. The van der Waals surface area contributed by atoms with Crippen molar-refractivity contribution in [3.63, 3.8) is 0 Å². The molecule has 0 radical (unpaired) electrons. The minimum Gasteiger partial charge on any atom is -0.456 e. The van der Waals surface area contributed by atoms with E-state index in [4.69, 9.17) is 4.42 Å². The minimum absolute atomic E-state index is 0.0990. The number of hydrogen-bond donors (Lipinski definition) is 0. The summed E-state index contributed by atoms with van der Waals surface area (Å²) in [6.45, 7) is 4.73. The van der Waals surface area contributed by atoms with Gasteiger partial charge in [-0.25, -0.2) is 0 Å². The first-order valence-electron chi connectivity index (χ1n) is 19.6. The second-order valence-corrected chi connectivity index (χ2v) is 16.0. The second kappa shape index (κ2) is 11.5. The van der Waals surface area contributed by atoms with E-state index in [1.165, 1.54) is 109 Å². The Bertz CT molecular complexity index is 3380. The molecule has 0 saturated carbocycles. The fraction of sp³-hybridized carbons (Fsp3) is 0.0545. The van der Waals surface area contributed by atoms with Gasteiger partial charge in [0.05, 0.1) is 0 Å². The molecule has 10 aromatic carbocycles. The molecule has 56 heavy (non-hydrogen) atoms. The van der Waals surface area contributed by atoms with Gasteiger partial charge in [0, 0.05) is 16.2 Å². The van der Waals surface area contributed by atoms with Crippen LogP contribution in [0.25, 0.3) is 110 Å². The van der Waals surface area contributed by atoms with Gasteiger partial charge in [0.1, 0.15) is 11.2 Å². The van der Waals surface area contributed by atoms with Crippen molar-refractivity contribution in [1.29, 1.82) is 0 Å². The highest BCUT2D eigenvalue weighted by Gasteiger charge is 2.36. The van der Waals surface area contributed by atoms with Gasteiger partial charge in [-0.15, -0.1) is 0 Å². The molecule has 0 unspecified atom stereocenters. The Morgan fingerprint density at radius 2 is 0.875 bits per heavy atom. The third-order valence-corrected chi connectivity index (χ3v) is 12.6. The van der Waals surface area contributed by atoms with Gasteiger partial charge in [-0.2, -0.15) is 0 Å². The molecule has 0 fully saturated rings. The largest absolute Gasteiger partial charge is 0.456 e. The molecule has 1 aliphatic carbocycles. The van der Waals surface area contributed by atoms with E-state index in [1.54, 1.807) is 0 Å². The summed E-state index contributed by atoms with van der Waals surface area (Å²) in [5.74, 6) is 0. The first-order chi connectivity index (χ1) is 27.5. The predicted octanol–water partition coefficient (Wildman–Crippen LogP) is 15.5. The molecule has 0 bridgehead atoms. The highest BCUT2D eigenvalue weighted by Crippen LogP contribution is 2.52. The van der Waals surface area contributed by atoms with Gasteiger partial charge in [0.15, 0.2) is 0 Å². The van der Waals surface area contributed by atoms with Gasteiger partial charge in [-0.1, -0.05) is 153 Å². The van der Waals surface area contributed by atoms with Gasteiger partial charge in [-0.3, -0.25) is 0 Å². The number of rotatable bonds is 3. The number of furan rings is 1. The molecule has 0 amide bonds. The van der Waals surface area contributed by atoms with Crippen LogP contribution in [0.5, 0.6) is 0 Å². The van der Waals surface area contributed by atoms with Crippen molar-refractivity contribution in [1.82, 2.24) is 0 Å². The van der Waals surface area contributed by atoms with E-state index in [0.29, 0.717) is 0 Å². The monoisotopic (exact) mass is 712 g/mol. The summed E-state index contributed by atoms with van der Waals surface area (Å²) < 4.78 is 6.29. The Morgan fingerprint density at radius 1 is 0.339 bits per heavy atom. The summed E-state index contributed by atoms with van der Waals surface area (Å²) in [5, 5.41) is 12.5. The molecule has 1 aromatic heterocycles. The van der Waals surface area contributed by atoms with Crippen LogP contribution >= 0.6 is 0 Å². The maximum Gasteiger partial charge on any atom is 0.136 e. The molecule has 0 spiro atoms. The third kappa shape index (κ3) is 4.43. The van der Waals surface area contributed by atoms with E-state index in [0.717, 1.165) is 11.2 Å². The lowest BCUT2D eigenvalue weighted by Crippen LogP contribution is -2.14. The zero-order valence-corrected chi connectivity index (χ0v) is 31.2. The molecule has 1 heterocycles. The Hall–Kier alpha value is -6.96. The van der Waals surface area contributed by atoms with Crippen molar-refractivity contribution in [2.45, 2.75) is 19.3 Å². The maximum absolute atomic E-state index is 6.29. The van der Waals surface area contributed by atoms with Crippen LogP contribution in [0, 0.1) is 0 Å². The van der Waals surface area contributed by atoms with Crippen LogP contribution in [-0.2, 0) is 5.41 Å². The minimum atomic E-state index is -0.0990. The predicted molar refractivity (Wildman–Crippen MR) is 238 cm³/mol. The molecule has 0 atom stereocenters. The molecule has 0 saturated heterocycles. The molecule has 11 aromatic rings. The van der Waals surface area contributed by atoms with Crippen LogP contribution in [-0.4, -0.2) is 0 Å². The van der Waals surface area contributed by atoms with Crippen LogP contribution in [0.4, 0.5) is 0 Å². The Kier molecular flexibility index (Phi) is 6.46. The Balaban J connectivity index is 0.987. The topological polar surface area (TPSA) is 13.1 Å². The molecular weight excluding hydrogens is 677 g/mol. The first-order valence-corrected chi connectivity index (χ1v) is 19.6. The lowest BCUT2D eigenvalue weighted by atomic mass is 9.81. The molecule has 1 nitrogen and oxygen atoms in total. The lowest BCUT2D eigenvalue weighted by Gasteiger charge is -2.22. The Morgan fingerprint density at radius 3 is 1.59 bits per heavy atom. The average molecular weight is 713 g/mol. The lowest BCUT2D eigenvalue weighted by molar-refractivity contribution is 0.661. The van der Waals surface area contributed by atoms with E-state index in [-0.39, 0.29) is 5.41 Å². The van der Waals surface area contributed by atoms with Gasteiger partial charge < -0.3 is 4.42 Å². The smallest absolute Gasteiger partial charge is 0.136 e. The third-order valence-electron chi connectivity index (χ3n) is 12.6. The Labute approximate surface area is 325 Å². The summed E-state index contributed by atoms with van der Waals surface area (Å²) in [6.07, 6.45) is 0. The summed E-state index contributed by atoms with van der Waals surface area (Å²) in [7, 11) is 0. The van der Waals surface area contributed by atoms with Crippen LogP contribution in [0.3, 0.4) is 0 Å². The summed E-state index contributed by atoms with van der Waals surface area (Å²) >= 11 is 0. The second-order valence-electron chi connectivity index (χ2n) is 16.0. The number of benzene rings is 10. The number of para-hydroxylation sites is 1. The summed E-state index contributed by atoms with van der Waals surface area (Å²) in [6, 6.07) is 67.2. The molecule has 0 N–H and O–H groups in total. The van der Waals surface area contributed by atoms with Crippen molar-refractivity contribution in [3.05, 3.63) is 193 Å². The number of hydrogen-bond acceptors (Lipinski definition) is 1. The van der Waals surface area contributed by atoms with E-state index in [2.05, 4.69) is 190 Å². The highest BCUT2D eigenvalue weighted by molar-refractivity contribution is 6.22. The van der Waals surface area contributed by atoms with Crippen molar-refractivity contribution in [2.24, 2.45) is 0 Å². The fourth-order valence-electron chi connectivity index (χ4n) is 9.91.